The first-order chi connectivity index (χ1) is 9.45. The van der Waals surface area contributed by atoms with Gasteiger partial charge in [-0.15, -0.1) is 0 Å². The molecule has 1 heterocycles. The van der Waals surface area contributed by atoms with Crippen molar-refractivity contribution >= 4 is 11.6 Å². The maximum absolute atomic E-state index is 10.7. The summed E-state index contributed by atoms with van der Waals surface area (Å²) in [6, 6.07) is 0. The van der Waals surface area contributed by atoms with Crippen molar-refractivity contribution in [1.29, 1.82) is 0 Å². The van der Waals surface area contributed by atoms with Crippen molar-refractivity contribution in [3.8, 4) is 0 Å². The summed E-state index contributed by atoms with van der Waals surface area (Å²) in [5.41, 5.74) is 1.25. The number of hydrogen-bond donors (Lipinski definition) is 1. The molecule has 0 aliphatic carbocycles. The van der Waals surface area contributed by atoms with Gasteiger partial charge in [0.05, 0.1) is 28.1 Å². The molecule has 1 rings (SSSR count). The highest BCUT2D eigenvalue weighted by Gasteiger charge is 2.36. The van der Waals surface area contributed by atoms with Gasteiger partial charge in [-0.2, -0.15) is 5.10 Å². The molecule has 0 spiro atoms. The Labute approximate surface area is 127 Å². The Balaban J connectivity index is 2.99. The van der Waals surface area contributed by atoms with Crippen molar-refractivity contribution in [3.05, 3.63) is 16.4 Å². The molecule has 1 aromatic heterocycles. The van der Waals surface area contributed by atoms with Crippen molar-refractivity contribution < 1.29 is 9.84 Å². The van der Waals surface area contributed by atoms with Crippen LogP contribution in [0.25, 0.3) is 0 Å². The number of ether oxygens (including phenoxy) is 1. The number of rotatable bonds is 8. The number of aliphatic hydroxyl groups is 1. The molecule has 5 heteroatoms. The molecular weight excluding hydrogens is 276 g/mol. The summed E-state index contributed by atoms with van der Waals surface area (Å²) in [4.78, 5) is 0. The highest BCUT2D eigenvalue weighted by molar-refractivity contribution is 6.31. The van der Waals surface area contributed by atoms with Gasteiger partial charge in [-0.3, -0.25) is 4.68 Å². The van der Waals surface area contributed by atoms with E-state index < -0.39 is 11.7 Å². The van der Waals surface area contributed by atoms with Crippen molar-refractivity contribution in [3.63, 3.8) is 0 Å². The van der Waals surface area contributed by atoms with Crippen LogP contribution in [0.1, 0.15) is 51.9 Å². The van der Waals surface area contributed by atoms with Crippen molar-refractivity contribution in [2.75, 3.05) is 6.61 Å². The number of halogens is 1. The maximum atomic E-state index is 10.7. The van der Waals surface area contributed by atoms with E-state index in [-0.39, 0.29) is 0 Å². The third-order valence-electron chi connectivity index (χ3n) is 4.13. The van der Waals surface area contributed by atoms with Crippen LogP contribution in [0, 0.1) is 0 Å². The zero-order valence-corrected chi connectivity index (χ0v) is 14.0. The number of aryl methyl sites for hydroxylation is 2. The molecule has 0 saturated heterocycles. The summed E-state index contributed by atoms with van der Waals surface area (Å²) in [5, 5.41) is 15.7. The summed E-state index contributed by atoms with van der Waals surface area (Å²) in [6.07, 6.45) is 2.21. The first-order valence-corrected chi connectivity index (χ1v) is 7.85. The van der Waals surface area contributed by atoms with Gasteiger partial charge in [0, 0.05) is 20.1 Å². The molecule has 0 radical (unpaired) electrons. The number of aromatic nitrogens is 2. The first-order valence-electron chi connectivity index (χ1n) is 7.47. The highest BCUT2D eigenvalue weighted by Crippen LogP contribution is 2.30. The summed E-state index contributed by atoms with van der Waals surface area (Å²) in [7, 11) is 1.87. The molecule has 1 aromatic rings. The number of hydrogen-bond acceptors (Lipinski definition) is 3. The van der Waals surface area contributed by atoms with Crippen LogP contribution in [-0.2, 0) is 24.6 Å². The quantitative estimate of drug-likeness (QED) is 0.802. The van der Waals surface area contributed by atoms with Crippen LogP contribution < -0.4 is 0 Å². The third-order valence-corrected chi connectivity index (χ3v) is 4.56. The fourth-order valence-corrected chi connectivity index (χ4v) is 3.09. The Morgan fingerprint density at radius 2 is 1.90 bits per heavy atom. The lowest BCUT2D eigenvalue weighted by atomic mass is 9.87. The molecule has 1 unspecified atom stereocenters. The van der Waals surface area contributed by atoms with E-state index in [4.69, 9.17) is 16.3 Å². The van der Waals surface area contributed by atoms with E-state index in [1.807, 2.05) is 34.7 Å². The monoisotopic (exact) mass is 302 g/mol. The fraction of sp³-hybridized carbons (Fsp3) is 0.800. The van der Waals surface area contributed by atoms with E-state index in [0.29, 0.717) is 18.1 Å². The number of aliphatic hydroxyl groups excluding tert-OH is 1. The van der Waals surface area contributed by atoms with E-state index >= 15 is 0 Å². The zero-order chi connectivity index (χ0) is 15.3. The lowest BCUT2D eigenvalue weighted by Gasteiger charge is -2.36. The van der Waals surface area contributed by atoms with Gasteiger partial charge >= 0.3 is 0 Å². The van der Waals surface area contributed by atoms with Crippen molar-refractivity contribution in [1.82, 2.24) is 9.78 Å². The molecule has 0 aliphatic rings. The topological polar surface area (TPSA) is 47.3 Å². The molecular formula is C15H27ClN2O2. The molecule has 0 bridgehead atoms. The van der Waals surface area contributed by atoms with Gasteiger partial charge in [0.15, 0.2) is 0 Å². The molecule has 0 aromatic carbocycles. The van der Waals surface area contributed by atoms with Gasteiger partial charge in [-0.05, 0) is 26.2 Å². The molecule has 4 nitrogen and oxygen atoms in total. The van der Waals surface area contributed by atoms with Crippen LogP contribution in [0.2, 0.25) is 5.02 Å². The van der Waals surface area contributed by atoms with Crippen LogP contribution in [0.15, 0.2) is 0 Å². The molecule has 0 amide bonds. The fourth-order valence-electron chi connectivity index (χ4n) is 2.72. The van der Waals surface area contributed by atoms with E-state index in [0.717, 1.165) is 30.7 Å². The van der Waals surface area contributed by atoms with E-state index in [1.54, 1.807) is 4.68 Å². The van der Waals surface area contributed by atoms with E-state index in [9.17, 15) is 5.11 Å². The van der Waals surface area contributed by atoms with E-state index in [2.05, 4.69) is 5.10 Å². The van der Waals surface area contributed by atoms with Crippen molar-refractivity contribution in [2.24, 2.45) is 7.05 Å². The minimum absolute atomic E-state index is 0.462. The Hall–Kier alpha value is -0.580. The molecule has 0 saturated carbocycles. The van der Waals surface area contributed by atoms with Crippen LogP contribution in [0.4, 0.5) is 0 Å². The van der Waals surface area contributed by atoms with Gasteiger partial charge in [-0.25, -0.2) is 0 Å². The van der Waals surface area contributed by atoms with Gasteiger partial charge in [0.2, 0.25) is 0 Å². The minimum atomic E-state index is -0.588. The second-order valence-corrected chi connectivity index (χ2v) is 5.49. The largest absolute Gasteiger partial charge is 0.390 e. The molecule has 0 aliphatic heterocycles. The molecule has 116 valence electrons. The molecule has 1 atom stereocenters. The average molecular weight is 303 g/mol. The SMILES string of the molecule is CCOC(CC)(CC)C(O)Cc1c(Cl)c(CC)nn1C. The average Bonchev–Trinajstić information content (AvgIpc) is 2.72. The van der Waals surface area contributed by atoms with Crippen LogP contribution >= 0.6 is 11.6 Å². The predicted octanol–water partition coefficient (Wildman–Crippen LogP) is 3.13. The van der Waals surface area contributed by atoms with Crippen LogP contribution in [0.3, 0.4) is 0 Å². The predicted molar refractivity (Wildman–Crippen MR) is 82.2 cm³/mol. The first kappa shape index (κ1) is 17.5. The molecule has 1 N–H and O–H groups in total. The Morgan fingerprint density at radius 3 is 2.30 bits per heavy atom. The lowest BCUT2D eigenvalue weighted by Crippen LogP contribution is -2.45. The van der Waals surface area contributed by atoms with Gasteiger partial charge in [0.1, 0.15) is 0 Å². The smallest absolute Gasteiger partial charge is 0.0938 e. The summed E-state index contributed by atoms with van der Waals surface area (Å²) in [6.45, 7) is 8.67. The Bertz CT molecular complexity index is 428. The summed E-state index contributed by atoms with van der Waals surface area (Å²) in [5.74, 6) is 0. The van der Waals surface area contributed by atoms with Gasteiger partial charge in [-0.1, -0.05) is 32.4 Å². The van der Waals surface area contributed by atoms with E-state index in [1.165, 1.54) is 0 Å². The maximum Gasteiger partial charge on any atom is 0.0938 e. The highest BCUT2D eigenvalue weighted by atomic mass is 35.5. The lowest BCUT2D eigenvalue weighted by molar-refractivity contribution is -0.124. The van der Waals surface area contributed by atoms with Crippen LogP contribution in [-0.4, -0.2) is 33.2 Å². The summed E-state index contributed by atoms with van der Waals surface area (Å²) >= 11 is 6.35. The standard InChI is InChI=1S/C15H27ClN2O2/c1-6-11-14(16)12(18(5)17-11)10-13(19)15(7-2,8-3)20-9-4/h13,19H,6-10H2,1-5H3. The number of nitrogens with zero attached hydrogens (tertiary/aromatic N) is 2. The molecule has 20 heavy (non-hydrogen) atoms. The van der Waals surface area contributed by atoms with Gasteiger partial charge in [0.25, 0.3) is 0 Å². The Morgan fingerprint density at radius 1 is 1.30 bits per heavy atom. The normalized spacial score (nSPS) is 13.8. The minimum Gasteiger partial charge on any atom is -0.390 e. The molecule has 0 fully saturated rings. The third kappa shape index (κ3) is 3.35. The van der Waals surface area contributed by atoms with Gasteiger partial charge < -0.3 is 9.84 Å². The second-order valence-electron chi connectivity index (χ2n) is 5.11. The second kappa shape index (κ2) is 7.43. The Kier molecular flexibility index (Phi) is 6.49. The van der Waals surface area contributed by atoms with Crippen molar-refractivity contribution in [2.45, 2.75) is 65.1 Å². The summed E-state index contributed by atoms with van der Waals surface area (Å²) < 4.78 is 7.62. The van der Waals surface area contributed by atoms with Crippen LogP contribution in [0.5, 0.6) is 0 Å². The zero-order valence-electron chi connectivity index (χ0n) is 13.2.